The first-order valence-electron chi connectivity index (χ1n) is 8.43. The topological polar surface area (TPSA) is 35.6 Å². The zero-order valence-electron chi connectivity index (χ0n) is 13.2. The van der Waals surface area contributed by atoms with Crippen molar-refractivity contribution in [1.82, 2.24) is 15.1 Å². The Kier molecular flexibility index (Phi) is 6.30. The van der Waals surface area contributed by atoms with Gasteiger partial charge in [0.05, 0.1) is 6.54 Å². The minimum atomic E-state index is 0.349. The van der Waals surface area contributed by atoms with Gasteiger partial charge in [-0.25, -0.2) is 0 Å². The van der Waals surface area contributed by atoms with Gasteiger partial charge < -0.3 is 10.2 Å². The zero-order chi connectivity index (χ0) is 14.4. The first-order valence-corrected chi connectivity index (χ1v) is 8.43. The lowest BCUT2D eigenvalue weighted by molar-refractivity contribution is -0.135. The largest absolute Gasteiger partial charge is 0.339 e. The molecule has 1 heterocycles. The van der Waals surface area contributed by atoms with Crippen LogP contribution in [0, 0.1) is 0 Å². The lowest BCUT2D eigenvalue weighted by Gasteiger charge is -2.37. The van der Waals surface area contributed by atoms with Gasteiger partial charge in [0.25, 0.3) is 0 Å². The van der Waals surface area contributed by atoms with Crippen LogP contribution in [0.15, 0.2) is 0 Å². The van der Waals surface area contributed by atoms with E-state index < -0.39 is 0 Å². The van der Waals surface area contributed by atoms with Crippen LogP contribution >= 0.6 is 0 Å². The summed E-state index contributed by atoms with van der Waals surface area (Å²) in [5.74, 6) is 0.349. The van der Waals surface area contributed by atoms with E-state index in [2.05, 4.69) is 22.0 Å². The first kappa shape index (κ1) is 15.8. The van der Waals surface area contributed by atoms with Crippen LogP contribution in [-0.4, -0.2) is 61.0 Å². The Labute approximate surface area is 123 Å². The second kappa shape index (κ2) is 7.99. The summed E-state index contributed by atoms with van der Waals surface area (Å²) >= 11 is 0. The summed E-state index contributed by atoms with van der Waals surface area (Å²) in [4.78, 5) is 17.0. The Morgan fingerprint density at radius 3 is 2.35 bits per heavy atom. The molecule has 2 rings (SSSR count). The monoisotopic (exact) mass is 281 g/mol. The summed E-state index contributed by atoms with van der Waals surface area (Å²) in [6.07, 6.45) is 8.69. The van der Waals surface area contributed by atoms with Crippen molar-refractivity contribution < 1.29 is 4.79 Å². The third-order valence-electron chi connectivity index (χ3n) is 5.03. The smallest absolute Gasteiger partial charge is 0.236 e. The highest BCUT2D eigenvalue weighted by Gasteiger charge is 2.26. The minimum Gasteiger partial charge on any atom is -0.339 e. The molecule has 2 aliphatic rings. The number of piperidine rings is 1. The van der Waals surface area contributed by atoms with Crippen molar-refractivity contribution in [3.05, 3.63) is 0 Å². The molecule has 0 aromatic heterocycles. The number of hydrogen-bond donors (Lipinski definition) is 1. The van der Waals surface area contributed by atoms with E-state index in [-0.39, 0.29) is 0 Å². The molecule has 1 saturated carbocycles. The van der Waals surface area contributed by atoms with Crippen molar-refractivity contribution in [1.29, 1.82) is 0 Å². The fourth-order valence-electron chi connectivity index (χ4n) is 3.69. The van der Waals surface area contributed by atoms with Gasteiger partial charge in [0, 0.05) is 31.7 Å². The van der Waals surface area contributed by atoms with E-state index in [0.717, 1.165) is 19.6 Å². The number of amides is 1. The third kappa shape index (κ3) is 4.19. The van der Waals surface area contributed by atoms with E-state index in [9.17, 15) is 4.79 Å². The van der Waals surface area contributed by atoms with Crippen LogP contribution < -0.4 is 5.32 Å². The van der Waals surface area contributed by atoms with Crippen molar-refractivity contribution in [2.75, 3.05) is 33.2 Å². The number of likely N-dealkylation sites (N-methyl/N-ethyl adjacent to an activating group) is 1. The number of carbonyl (C=O) groups excluding carboxylic acids is 1. The molecule has 1 N–H and O–H groups in total. The summed E-state index contributed by atoms with van der Waals surface area (Å²) in [6, 6.07) is 1.15. The maximum Gasteiger partial charge on any atom is 0.236 e. The van der Waals surface area contributed by atoms with Gasteiger partial charge in [0.1, 0.15) is 0 Å². The molecule has 0 spiro atoms. The fourth-order valence-corrected chi connectivity index (χ4v) is 3.69. The number of hydrogen-bond acceptors (Lipinski definition) is 3. The van der Waals surface area contributed by atoms with Crippen LogP contribution in [-0.2, 0) is 4.79 Å². The molecule has 2 fully saturated rings. The number of carbonyl (C=O) groups is 1. The molecule has 1 saturated heterocycles. The molecule has 4 nitrogen and oxygen atoms in total. The Bertz CT molecular complexity index is 294. The normalized spacial score (nSPS) is 22.9. The van der Waals surface area contributed by atoms with Gasteiger partial charge in [0.15, 0.2) is 0 Å². The van der Waals surface area contributed by atoms with Crippen LogP contribution in [0.4, 0.5) is 0 Å². The molecule has 20 heavy (non-hydrogen) atoms. The van der Waals surface area contributed by atoms with Crippen molar-refractivity contribution in [2.45, 2.75) is 64.0 Å². The maximum absolute atomic E-state index is 12.6. The van der Waals surface area contributed by atoms with E-state index in [1.54, 1.807) is 0 Å². The quantitative estimate of drug-likeness (QED) is 0.835. The molecule has 1 amide bonds. The number of rotatable bonds is 5. The van der Waals surface area contributed by atoms with E-state index in [1.165, 1.54) is 44.9 Å². The zero-order valence-corrected chi connectivity index (χ0v) is 13.2. The van der Waals surface area contributed by atoms with Gasteiger partial charge in [-0.1, -0.05) is 19.3 Å². The maximum atomic E-state index is 12.6. The van der Waals surface area contributed by atoms with E-state index in [0.29, 0.717) is 24.5 Å². The van der Waals surface area contributed by atoms with Gasteiger partial charge in [0.2, 0.25) is 5.91 Å². The van der Waals surface area contributed by atoms with Gasteiger partial charge >= 0.3 is 0 Å². The fraction of sp³-hybridized carbons (Fsp3) is 0.938. The molecule has 1 aliphatic carbocycles. The number of nitrogens with one attached hydrogen (secondary N) is 1. The standard InChI is InChI=1S/C16H31N3O/c1-3-19(15-7-5-4-6-8-15)16(20)13-18-11-9-14(17-2)10-12-18/h14-15,17H,3-13H2,1-2H3. The highest BCUT2D eigenvalue weighted by atomic mass is 16.2. The molecule has 1 aliphatic heterocycles. The molecule has 0 radical (unpaired) electrons. The molecule has 0 aromatic carbocycles. The van der Waals surface area contributed by atoms with Crippen LogP contribution in [0.5, 0.6) is 0 Å². The average molecular weight is 281 g/mol. The number of likely N-dealkylation sites (tertiary alicyclic amines) is 1. The number of nitrogens with zero attached hydrogens (tertiary/aromatic N) is 2. The van der Waals surface area contributed by atoms with Crippen LogP contribution in [0.25, 0.3) is 0 Å². The Morgan fingerprint density at radius 1 is 1.15 bits per heavy atom. The summed E-state index contributed by atoms with van der Waals surface area (Å²) < 4.78 is 0. The Morgan fingerprint density at radius 2 is 1.80 bits per heavy atom. The second-order valence-electron chi connectivity index (χ2n) is 6.31. The summed E-state index contributed by atoms with van der Waals surface area (Å²) in [5, 5.41) is 3.34. The van der Waals surface area contributed by atoms with Gasteiger partial charge in [-0.3, -0.25) is 9.69 Å². The van der Waals surface area contributed by atoms with Gasteiger partial charge in [-0.05, 0) is 39.7 Å². The van der Waals surface area contributed by atoms with Crippen LogP contribution in [0.2, 0.25) is 0 Å². The summed E-state index contributed by atoms with van der Waals surface area (Å²) in [6.45, 7) is 5.73. The lowest BCUT2D eigenvalue weighted by atomic mass is 9.94. The Balaban J connectivity index is 1.80. The minimum absolute atomic E-state index is 0.349. The highest BCUT2D eigenvalue weighted by Crippen LogP contribution is 2.23. The molecule has 0 unspecified atom stereocenters. The van der Waals surface area contributed by atoms with Gasteiger partial charge in [-0.15, -0.1) is 0 Å². The molecule has 4 heteroatoms. The molecule has 116 valence electrons. The van der Waals surface area contributed by atoms with Crippen LogP contribution in [0.3, 0.4) is 0 Å². The third-order valence-corrected chi connectivity index (χ3v) is 5.03. The summed E-state index contributed by atoms with van der Waals surface area (Å²) in [5.41, 5.74) is 0. The second-order valence-corrected chi connectivity index (χ2v) is 6.31. The van der Waals surface area contributed by atoms with E-state index >= 15 is 0 Å². The van der Waals surface area contributed by atoms with Crippen molar-refractivity contribution >= 4 is 5.91 Å². The predicted octanol–water partition coefficient (Wildman–Crippen LogP) is 1.85. The Hall–Kier alpha value is -0.610. The van der Waals surface area contributed by atoms with E-state index in [1.807, 2.05) is 7.05 Å². The van der Waals surface area contributed by atoms with Crippen molar-refractivity contribution in [3.63, 3.8) is 0 Å². The molecule has 0 aromatic rings. The SMILES string of the molecule is CCN(C(=O)CN1CCC(NC)CC1)C1CCCCC1. The van der Waals surface area contributed by atoms with Crippen LogP contribution in [0.1, 0.15) is 51.9 Å². The predicted molar refractivity (Wildman–Crippen MR) is 82.8 cm³/mol. The molecular formula is C16H31N3O. The summed E-state index contributed by atoms with van der Waals surface area (Å²) in [7, 11) is 2.04. The first-order chi connectivity index (χ1) is 9.74. The lowest BCUT2D eigenvalue weighted by Crippen LogP contribution is -2.49. The highest BCUT2D eigenvalue weighted by molar-refractivity contribution is 5.78. The molecule has 0 bridgehead atoms. The van der Waals surface area contributed by atoms with Gasteiger partial charge in [-0.2, -0.15) is 0 Å². The molecular weight excluding hydrogens is 250 g/mol. The average Bonchev–Trinajstić information content (AvgIpc) is 2.50. The van der Waals surface area contributed by atoms with E-state index in [4.69, 9.17) is 0 Å². The van der Waals surface area contributed by atoms with Crippen molar-refractivity contribution in [2.24, 2.45) is 0 Å². The molecule has 0 atom stereocenters. The van der Waals surface area contributed by atoms with Crippen molar-refractivity contribution in [3.8, 4) is 0 Å².